The summed E-state index contributed by atoms with van der Waals surface area (Å²) in [7, 11) is 0. The van der Waals surface area contributed by atoms with Crippen LogP contribution in [0.25, 0.3) is 10.9 Å². The molecule has 0 radical (unpaired) electrons. The molecule has 0 fully saturated rings. The minimum absolute atomic E-state index is 0.309. The van der Waals surface area contributed by atoms with Crippen molar-refractivity contribution in [2.24, 2.45) is 5.10 Å². The predicted octanol–water partition coefficient (Wildman–Crippen LogP) is 4.78. The predicted molar refractivity (Wildman–Crippen MR) is 89.1 cm³/mol. The van der Waals surface area contributed by atoms with Crippen molar-refractivity contribution in [3.8, 4) is 0 Å². The highest BCUT2D eigenvalue weighted by Crippen LogP contribution is 2.24. The quantitative estimate of drug-likeness (QED) is 0.558. The normalized spacial score (nSPS) is 11.2. The molecule has 0 aliphatic rings. The van der Waals surface area contributed by atoms with Gasteiger partial charge in [-0.2, -0.15) is 5.10 Å². The molecule has 0 saturated carbocycles. The summed E-state index contributed by atoms with van der Waals surface area (Å²) in [6.45, 7) is 1.88. The number of hydrogen-bond donors (Lipinski definition) is 1. The summed E-state index contributed by atoms with van der Waals surface area (Å²) in [6.07, 6.45) is 1.63. The average Bonchev–Trinajstić information content (AvgIpc) is 2.50. The second-order valence-corrected chi connectivity index (χ2v) is 5.27. The van der Waals surface area contributed by atoms with Gasteiger partial charge in [-0.25, -0.2) is 4.39 Å². The second kappa shape index (κ2) is 6.12. The van der Waals surface area contributed by atoms with E-state index in [1.54, 1.807) is 18.3 Å². The van der Waals surface area contributed by atoms with E-state index in [1.165, 1.54) is 12.1 Å². The van der Waals surface area contributed by atoms with Gasteiger partial charge in [0, 0.05) is 21.7 Å². The van der Waals surface area contributed by atoms with Crippen LogP contribution in [-0.4, -0.2) is 11.2 Å². The van der Waals surface area contributed by atoms with E-state index >= 15 is 0 Å². The molecule has 3 nitrogen and oxygen atoms in total. The molecular weight excluding hydrogens is 301 g/mol. The molecule has 5 heteroatoms. The van der Waals surface area contributed by atoms with Crippen LogP contribution in [0.4, 0.5) is 10.1 Å². The number of rotatable bonds is 3. The topological polar surface area (TPSA) is 37.3 Å². The third kappa shape index (κ3) is 3.07. The molecule has 3 aromatic rings. The van der Waals surface area contributed by atoms with Crippen LogP contribution >= 0.6 is 11.6 Å². The van der Waals surface area contributed by atoms with Gasteiger partial charge in [0.2, 0.25) is 0 Å². The second-order valence-electron chi connectivity index (χ2n) is 4.86. The number of nitrogens with zero attached hydrogens (tertiary/aromatic N) is 2. The van der Waals surface area contributed by atoms with Crippen LogP contribution in [0.2, 0.25) is 5.02 Å². The molecule has 0 aliphatic carbocycles. The summed E-state index contributed by atoms with van der Waals surface area (Å²) in [4.78, 5) is 4.38. The zero-order chi connectivity index (χ0) is 15.5. The van der Waals surface area contributed by atoms with E-state index < -0.39 is 0 Å². The number of aryl methyl sites for hydroxylation is 1. The zero-order valence-corrected chi connectivity index (χ0v) is 12.6. The largest absolute Gasteiger partial charge is 0.278 e. The van der Waals surface area contributed by atoms with E-state index in [9.17, 15) is 4.39 Å². The first-order valence-corrected chi connectivity index (χ1v) is 7.12. The van der Waals surface area contributed by atoms with Crippen molar-refractivity contribution in [3.63, 3.8) is 0 Å². The minimum Gasteiger partial charge on any atom is -0.278 e. The lowest BCUT2D eigenvalue weighted by atomic mass is 10.1. The highest BCUT2D eigenvalue weighted by atomic mass is 35.5. The number of hydrogen-bond acceptors (Lipinski definition) is 3. The Bertz CT molecular complexity index is 862. The fourth-order valence-electron chi connectivity index (χ4n) is 2.17. The highest BCUT2D eigenvalue weighted by Gasteiger charge is 2.05. The van der Waals surface area contributed by atoms with Crippen molar-refractivity contribution in [1.82, 2.24) is 4.98 Å². The molecule has 1 heterocycles. The van der Waals surface area contributed by atoms with Crippen LogP contribution in [0.5, 0.6) is 0 Å². The first-order valence-electron chi connectivity index (χ1n) is 6.74. The Morgan fingerprint density at radius 3 is 2.82 bits per heavy atom. The maximum absolute atomic E-state index is 13.4. The van der Waals surface area contributed by atoms with Gasteiger partial charge in [-0.1, -0.05) is 29.8 Å². The van der Waals surface area contributed by atoms with Crippen LogP contribution in [0.15, 0.2) is 53.6 Å². The minimum atomic E-state index is -0.309. The van der Waals surface area contributed by atoms with E-state index in [1.807, 2.05) is 31.2 Å². The molecule has 0 amide bonds. The first-order chi connectivity index (χ1) is 10.6. The van der Waals surface area contributed by atoms with Gasteiger partial charge >= 0.3 is 0 Å². The fourth-order valence-corrected chi connectivity index (χ4v) is 2.36. The number of pyridine rings is 1. The molecule has 1 aromatic heterocycles. The van der Waals surface area contributed by atoms with Crippen LogP contribution in [0, 0.1) is 12.7 Å². The molecule has 0 atom stereocenters. The molecule has 0 bridgehead atoms. The van der Waals surface area contributed by atoms with Crippen molar-refractivity contribution in [1.29, 1.82) is 0 Å². The third-order valence-corrected chi connectivity index (χ3v) is 3.54. The molecule has 0 saturated heterocycles. The SMILES string of the molecule is Cc1cc(NN=Cc2ccccc2Cl)c2cc(F)ccc2n1. The molecule has 0 aliphatic heterocycles. The first kappa shape index (κ1) is 14.5. The molecule has 2 aromatic carbocycles. The summed E-state index contributed by atoms with van der Waals surface area (Å²) >= 11 is 6.07. The van der Waals surface area contributed by atoms with Crippen molar-refractivity contribution in [2.75, 3.05) is 5.43 Å². The number of anilines is 1. The molecule has 0 spiro atoms. The maximum atomic E-state index is 13.4. The maximum Gasteiger partial charge on any atom is 0.124 e. The van der Waals surface area contributed by atoms with Crippen molar-refractivity contribution < 1.29 is 4.39 Å². The Kier molecular flexibility index (Phi) is 4.02. The molecule has 22 heavy (non-hydrogen) atoms. The Hall–Kier alpha value is -2.46. The zero-order valence-electron chi connectivity index (χ0n) is 11.8. The van der Waals surface area contributed by atoms with Crippen molar-refractivity contribution >= 4 is 34.4 Å². The number of aromatic nitrogens is 1. The van der Waals surface area contributed by atoms with Crippen LogP contribution in [0.1, 0.15) is 11.3 Å². The van der Waals surface area contributed by atoms with Gasteiger partial charge < -0.3 is 0 Å². The standard InChI is InChI=1S/C17H13ClFN3/c1-11-8-17(14-9-13(19)6-7-16(14)21-11)22-20-10-12-4-2-3-5-15(12)18/h2-10H,1H3,(H,21,22). The van der Waals surface area contributed by atoms with E-state index in [2.05, 4.69) is 15.5 Å². The number of nitrogens with one attached hydrogen (secondary N) is 1. The number of halogens is 2. The Labute approximate surface area is 132 Å². The van der Waals surface area contributed by atoms with Gasteiger partial charge in [0.15, 0.2) is 0 Å². The smallest absolute Gasteiger partial charge is 0.124 e. The average molecular weight is 314 g/mol. The van der Waals surface area contributed by atoms with E-state index in [0.717, 1.165) is 16.8 Å². The van der Waals surface area contributed by atoms with Crippen molar-refractivity contribution in [3.05, 3.63) is 70.6 Å². The number of benzene rings is 2. The number of hydrazone groups is 1. The van der Waals surface area contributed by atoms with Gasteiger partial charge in [-0.05, 0) is 37.3 Å². The van der Waals surface area contributed by atoms with Crippen LogP contribution in [-0.2, 0) is 0 Å². The molecule has 0 unspecified atom stereocenters. The highest BCUT2D eigenvalue weighted by molar-refractivity contribution is 6.33. The van der Waals surface area contributed by atoms with E-state index in [-0.39, 0.29) is 5.82 Å². The summed E-state index contributed by atoms with van der Waals surface area (Å²) in [5.74, 6) is -0.309. The molecular formula is C17H13ClFN3. The van der Waals surface area contributed by atoms with Gasteiger partial charge in [-0.15, -0.1) is 0 Å². The lowest BCUT2D eigenvalue weighted by molar-refractivity contribution is 0.629. The van der Waals surface area contributed by atoms with Crippen LogP contribution < -0.4 is 5.43 Å². The molecule has 110 valence electrons. The summed E-state index contributed by atoms with van der Waals surface area (Å²) in [6, 6.07) is 13.7. The Morgan fingerprint density at radius 1 is 1.18 bits per heavy atom. The monoisotopic (exact) mass is 313 g/mol. The summed E-state index contributed by atoms with van der Waals surface area (Å²) in [5, 5.41) is 5.49. The summed E-state index contributed by atoms with van der Waals surface area (Å²) < 4.78 is 13.4. The van der Waals surface area contributed by atoms with E-state index in [0.29, 0.717) is 16.1 Å². The van der Waals surface area contributed by atoms with Gasteiger partial charge in [0.05, 0.1) is 17.4 Å². The molecule has 1 N–H and O–H groups in total. The van der Waals surface area contributed by atoms with Gasteiger partial charge in [0.1, 0.15) is 5.82 Å². The Balaban J connectivity index is 1.94. The Morgan fingerprint density at radius 2 is 2.00 bits per heavy atom. The lowest BCUT2D eigenvalue weighted by Crippen LogP contribution is -1.95. The fraction of sp³-hybridized carbons (Fsp3) is 0.0588. The van der Waals surface area contributed by atoms with Gasteiger partial charge in [0.25, 0.3) is 0 Å². The third-order valence-electron chi connectivity index (χ3n) is 3.19. The lowest BCUT2D eigenvalue weighted by Gasteiger charge is -2.07. The molecule has 3 rings (SSSR count). The number of fused-ring (bicyclic) bond motifs is 1. The summed E-state index contributed by atoms with van der Waals surface area (Å²) in [5.41, 5.74) is 5.99. The van der Waals surface area contributed by atoms with E-state index in [4.69, 9.17) is 11.6 Å². The van der Waals surface area contributed by atoms with Crippen molar-refractivity contribution in [2.45, 2.75) is 6.92 Å². The van der Waals surface area contributed by atoms with Gasteiger partial charge in [-0.3, -0.25) is 10.4 Å². The van der Waals surface area contributed by atoms with Crippen LogP contribution in [0.3, 0.4) is 0 Å².